The molecule has 1 heterocycles. The van der Waals surface area contributed by atoms with Crippen molar-refractivity contribution in [3.8, 4) is 0 Å². The number of aryl methyl sites for hydroxylation is 1. The molecular weight excluding hydrogens is 190 g/mol. The van der Waals surface area contributed by atoms with Crippen LogP contribution in [0.4, 0.5) is 0 Å². The van der Waals surface area contributed by atoms with E-state index in [1.165, 1.54) is 10.5 Å². The zero-order chi connectivity index (χ0) is 10.4. The van der Waals surface area contributed by atoms with Crippen LogP contribution in [0.3, 0.4) is 0 Å². The third kappa shape index (κ3) is 3.04. The van der Waals surface area contributed by atoms with Crippen molar-refractivity contribution in [3.05, 3.63) is 48.2 Å². The van der Waals surface area contributed by atoms with E-state index in [1.807, 2.05) is 12.4 Å². The van der Waals surface area contributed by atoms with E-state index in [4.69, 9.17) is 0 Å². The molecule has 0 aliphatic heterocycles. The molecule has 2 heteroatoms. The first kappa shape index (κ1) is 11.1. The smallest absolute Gasteiger partial charge is 0.0410 e. The van der Waals surface area contributed by atoms with Crippen molar-refractivity contribution in [2.24, 2.45) is 0 Å². The highest BCUT2D eigenvalue weighted by Crippen LogP contribution is 2.28. The van der Waals surface area contributed by atoms with Gasteiger partial charge in [0.05, 0.1) is 0 Å². The van der Waals surface area contributed by atoms with Crippen molar-refractivity contribution in [2.75, 3.05) is 0 Å². The van der Waals surface area contributed by atoms with Crippen LogP contribution >= 0.6 is 11.8 Å². The van der Waals surface area contributed by atoms with Gasteiger partial charge >= 0.3 is 0 Å². The molecule has 0 aromatic carbocycles. The summed E-state index contributed by atoms with van der Waals surface area (Å²) in [6.45, 7) is 9.76. The van der Waals surface area contributed by atoms with Crippen molar-refractivity contribution in [3.63, 3.8) is 0 Å². The fraction of sp³-hybridized carbons (Fsp3) is 0.250. The first-order valence-electron chi connectivity index (χ1n) is 4.70. The van der Waals surface area contributed by atoms with Crippen molar-refractivity contribution in [1.82, 2.24) is 4.98 Å². The Balaban J connectivity index is 2.83. The molecule has 0 bridgehead atoms. The first-order valence-corrected chi connectivity index (χ1v) is 5.51. The van der Waals surface area contributed by atoms with Crippen LogP contribution in [0.15, 0.2) is 47.5 Å². The molecule has 0 N–H and O–H groups in total. The standard InChI is InChI=1S/C12H15NS/c1-4-6-11-7-8-13-9-12(11)14-10(3)5-2/h5,7-9H,2-4,6H2,1H3. The van der Waals surface area contributed by atoms with Crippen molar-refractivity contribution in [1.29, 1.82) is 0 Å². The molecule has 14 heavy (non-hydrogen) atoms. The SMILES string of the molecule is C=CC(=C)Sc1cnccc1CCC. The molecule has 1 nitrogen and oxygen atoms in total. The Hall–Kier alpha value is -1.02. The Morgan fingerprint density at radius 2 is 2.43 bits per heavy atom. The average molecular weight is 205 g/mol. The molecule has 0 fully saturated rings. The first-order chi connectivity index (χ1) is 6.77. The third-order valence-corrected chi connectivity index (χ3v) is 2.87. The molecule has 0 radical (unpaired) electrons. The van der Waals surface area contributed by atoms with Crippen molar-refractivity contribution < 1.29 is 0 Å². The monoisotopic (exact) mass is 205 g/mol. The maximum atomic E-state index is 4.12. The van der Waals surface area contributed by atoms with Crippen LogP contribution in [0.2, 0.25) is 0 Å². The quantitative estimate of drug-likeness (QED) is 0.535. The number of pyridine rings is 1. The molecule has 0 saturated carbocycles. The van der Waals surface area contributed by atoms with Gasteiger partial charge in [0.15, 0.2) is 0 Å². The second-order valence-corrected chi connectivity index (χ2v) is 4.17. The van der Waals surface area contributed by atoms with Crippen LogP contribution in [0.5, 0.6) is 0 Å². The van der Waals surface area contributed by atoms with E-state index >= 15 is 0 Å². The molecule has 0 aliphatic carbocycles. The molecule has 0 saturated heterocycles. The summed E-state index contributed by atoms with van der Waals surface area (Å²) in [7, 11) is 0. The van der Waals surface area contributed by atoms with Crippen molar-refractivity contribution >= 4 is 11.8 Å². The second-order valence-electron chi connectivity index (χ2n) is 3.01. The lowest BCUT2D eigenvalue weighted by atomic mass is 10.2. The Bertz CT molecular complexity index is 331. The molecule has 0 aliphatic rings. The predicted molar refractivity (Wildman–Crippen MR) is 63.4 cm³/mol. The van der Waals surface area contributed by atoms with Gasteiger partial charge < -0.3 is 0 Å². The minimum absolute atomic E-state index is 0.968. The normalized spacial score (nSPS) is 9.79. The van der Waals surface area contributed by atoms with E-state index in [2.05, 4.69) is 31.1 Å². The van der Waals surface area contributed by atoms with Gasteiger partial charge in [0.25, 0.3) is 0 Å². The summed E-state index contributed by atoms with van der Waals surface area (Å²) in [5.41, 5.74) is 1.34. The summed E-state index contributed by atoms with van der Waals surface area (Å²) in [4.78, 5) is 6.28. The van der Waals surface area contributed by atoms with Crippen LogP contribution in [-0.2, 0) is 6.42 Å². The van der Waals surface area contributed by atoms with Gasteiger partial charge in [0.2, 0.25) is 0 Å². The Kier molecular flexibility index (Phi) is 4.47. The lowest BCUT2D eigenvalue weighted by molar-refractivity contribution is 0.894. The predicted octanol–water partition coefficient (Wildman–Crippen LogP) is 3.83. The van der Waals surface area contributed by atoms with E-state index in [0.717, 1.165) is 17.7 Å². The molecule has 74 valence electrons. The fourth-order valence-corrected chi connectivity index (χ4v) is 1.94. The highest BCUT2D eigenvalue weighted by molar-refractivity contribution is 8.03. The average Bonchev–Trinajstić information content (AvgIpc) is 2.21. The number of rotatable bonds is 5. The number of allylic oxidation sites excluding steroid dienone is 1. The van der Waals surface area contributed by atoms with Gasteiger partial charge in [-0.2, -0.15) is 0 Å². The highest BCUT2D eigenvalue weighted by Gasteiger charge is 2.02. The number of aromatic nitrogens is 1. The van der Waals surface area contributed by atoms with E-state index in [1.54, 1.807) is 17.8 Å². The minimum atomic E-state index is 0.968. The zero-order valence-electron chi connectivity index (χ0n) is 8.49. The summed E-state index contributed by atoms with van der Waals surface area (Å²) in [5, 5.41) is 0. The summed E-state index contributed by atoms with van der Waals surface area (Å²) in [5.74, 6) is 0. The Morgan fingerprint density at radius 3 is 3.07 bits per heavy atom. The lowest BCUT2D eigenvalue weighted by Crippen LogP contribution is -1.88. The topological polar surface area (TPSA) is 12.9 Å². The number of hydrogen-bond donors (Lipinski definition) is 0. The molecule has 1 aromatic rings. The largest absolute Gasteiger partial charge is 0.264 e. The summed E-state index contributed by atoms with van der Waals surface area (Å²) < 4.78 is 0. The van der Waals surface area contributed by atoms with Crippen LogP contribution in [0.1, 0.15) is 18.9 Å². The van der Waals surface area contributed by atoms with Gasteiger partial charge in [-0.05, 0) is 18.1 Å². The summed E-state index contributed by atoms with van der Waals surface area (Å²) >= 11 is 1.64. The van der Waals surface area contributed by atoms with E-state index in [0.29, 0.717) is 0 Å². The molecule has 0 unspecified atom stereocenters. The van der Waals surface area contributed by atoms with Crippen LogP contribution in [-0.4, -0.2) is 4.98 Å². The van der Waals surface area contributed by atoms with E-state index in [9.17, 15) is 0 Å². The van der Waals surface area contributed by atoms with Crippen molar-refractivity contribution in [2.45, 2.75) is 24.7 Å². The third-order valence-electron chi connectivity index (χ3n) is 1.86. The fourth-order valence-electron chi connectivity index (χ4n) is 1.16. The number of hydrogen-bond acceptors (Lipinski definition) is 2. The van der Waals surface area contributed by atoms with Crippen LogP contribution in [0, 0.1) is 0 Å². The molecule has 0 amide bonds. The summed E-state index contributed by atoms with van der Waals surface area (Å²) in [6, 6.07) is 2.07. The van der Waals surface area contributed by atoms with Gasteiger partial charge in [-0.25, -0.2) is 0 Å². The van der Waals surface area contributed by atoms with Crippen LogP contribution in [0.25, 0.3) is 0 Å². The lowest BCUT2D eigenvalue weighted by Gasteiger charge is -2.06. The molecular formula is C12H15NS. The van der Waals surface area contributed by atoms with Gasteiger partial charge in [-0.3, -0.25) is 4.98 Å². The van der Waals surface area contributed by atoms with Gasteiger partial charge in [0.1, 0.15) is 0 Å². The van der Waals surface area contributed by atoms with Gasteiger partial charge in [-0.1, -0.05) is 44.3 Å². The van der Waals surface area contributed by atoms with E-state index < -0.39 is 0 Å². The van der Waals surface area contributed by atoms with E-state index in [-0.39, 0.29) is 0 Å². The maximum absolute atomic E-state index is 4.12. The maximum Gasteiger partial charge on any atom is 0.0410 e. The minimum Gasteiger partial charge on any atom is -0.264 e. The Morgan fingerprint density at radius 1 is 1.64 bits per heavy atom. The number of nitrogens with zero attached hydrogens (tertiary/aromatic N) is 1. The number of thioether (sulfide) groups is 1. The Labute approximate surface area is 89.9 Å². The summed E-state index contributed by atoms with van der Waals surface area (Å²) in [6.07, 6.45) is 7.75. The van der Waals surface area contributed by atoms with Crippen LogP contribution < -0.4 is 0 Å². The molecule has 1 rings (SSSR count). The highest BCUT2D eigenvalue weighted by atomic mass is 32.2. The zero-order valence-corrected chi connectivity index (χ0v) is 9.31. The molecule has 1 aromatic heterocycles. The van der Waals surface area contributed by atoms with Gasteiger partial charge in [-0.15, -0.1) is 0 Å². The molecule has 0 spiro atoms. The van der Waals surface area contributed by atoms with Gasteiger partial charge in [0, 0.05) is 22.2 Å². The molecule has 0 atom stereocenters. The second kappa shape index (κ2) is 5.66.